The zero-order chi connectivity index (χ0) is 19.6. The average molecular weight is 397 g/mol. The summed E-state index contributed by atoms with van der Waals surface area (Å²) < 4.78 is 39.6. The molecule has 0 bridgehead atoms. The van der Waals surface area contributed by atoms with E-state index < -0.39 is 35.6 Å². The lowest BCUT2D eigenvalue weighted by Crippen LogP contribution is -2.43. The van der Waals surface area contributed by atoms with Crippen LogP contribution in [0.15, 0.2) is 23.6 Å². The minimum absolute atomic E-state index is 0.107. The van der Waals surface area contributed by atoms with Gasteiger partial charge in [0, 0.05) is 17.5 Å². The van der Waals surface area contributed by atoms with Crippen molar-refractivity contribution in [1.82, 2.24) is 10.2 Å². The molecule has 5 nitrogen and oxygen atoms in total. The largest absolute Gasteiger partial charge is 0.346 e. The van der Waals surface area contributed by atoms with Gasteiger partial charge in [-0.1, -0.05) is 0 Å². The first-order valence-corrected chi connectivity index (χ1v) is 9.25. The molecule has 0 fully saturated rings. The Morgan fingerprint density at radius 2 is 1.96 bits per heavy atom. The summed E-state index contributed by atoms with van der Waals surface area (Å²) in [6.45, 7) is 2.50. The number of nitrogens with zero attached hydrogens (tertiary/aromatic N) is 1. The maximum absolute atomic E-state index is 13.5. The maximum Gasteiger partial charge on any atom is 0.243 e. The smallest absolute Gasteiger partial charge is 0.243 e. The highest BCUT2D eigenvalue weighted by molar-refractivity contribution is 7.10. The number of carbonyl (C=O) groups excluding carboxylic acids is 2. The number of halogens is 3. The van der Waals surface area contributed by atoms with Crippen LogP contribution in [0.25, 0.3) is 0 Å². The van der Waals surface area contributed by atoms with Crippen LogP contribution in [-0.2, 0) is 16.0 Å². The molecule has 0 spiro atoms. The van der Waals surface area contributed by atoms with Gasteiger partial charge >= 0.3 is 0 Å². The van der Waals surface area contributed by atoms with Gasteiger partial charge in [-0.15, -0.1) is 11.3 Å². The van der Waals surface area contributed by atoms with Crippen molar-refractivity contribution in [1.29, 1.82) is 0 Å². The molecule has 2 heterocycles. The van der Waals surface area contributed by atoms with Gasteiger partial charge in [0.05, 0.1) is 18.8 Å². The zero-order valence-electron chi connectivity index (χ0n) is 14.5. The maximum atomic E-state index is 13.5. The average Bonchev–Trinajstić information content (AvgIpc) is 3.12. The lowest BCUT2D eigenvalue weighted by Gasteiger charge is -2.32. The van der Waals surface area contributed by atoms with Crippen molar-refractivity contribution in [2.24, 2.45) is 0 Å². The van der Waals surface area contributed by atoms with E-state index in [0.717, 1.165) is 19.0 Å². The van der Waals surface area contributed by atoms with E-state index in [1.54, 1.807) is 11.3 Å². The summed E-state index contributed by atoms with van der Waals surface area (Å²) in [7, 11) is 0. The Morgan fingerprint density at radius 3 is 2.74 bits per heavy atom. The van der Waals surface area contributed by atoms with E-state index in [-0.39, 0.29) is 18.5 Å². The van der Waals surface area contributed by atoms with E-state index in [4.69, 9.17) is 0 Å². The Kier molecular flexibility index (Phi) is 5.81. The molecule has 9 heteroatoms. The molecule has 27 heavy (non-hydrogen) atoms. The number of thiophene rings is 1. The van der Waals surface area contributed by atoms with Gasteiger partial charge in [-0.2, -0.15) is 0 Å². The van der Waals surface area contributed by atoms with Crippen molar-refractivity contribution >= 4 is 28.8 Å². The Hall–Kier alpha value is -2.39. The Morgan fingerprint density at radius 1 is 1.19 bits per heavy atom. The first kappa shape index (κ1) is 19.4. The van der Waals surface area contributed by atoms with E-state index >= 15 is 0 Å². The van der Waals surface area contributed by atoms with E-state index in [2.05, 4.69) is 16.7 Å². The molecule has 1 aliphatic heterocycles. The molecule has 2 aromatic rings. The van der Waals surface area contributed by atoms with Crippen molar-refractivity contribution in [3.63, 3.8) is 0 Å². The summed E-state index contributed by atoms with van der Waals surface area (Å²) >= 11 is 1.71. The highest BCUT2D eigenvalue weighted by Gasteiger charge is 2.26. The molecule has 0 radical (unpaired) electrons. The van der Waals surface area contributed by atoms with Crippen LogP contribution >= 0.6 is 11.3 Å². The number of anilines is 1. The molecule has 1 aromatic heterocycles. The summed E-state index contributed by atoms with van der Waals surface area (Å²) in [5, 5.41) is 6.60. The van der Waals surface area contributed by atoms with Crippen LogP contribution in [0.3, 0.4) is 0 Å². The molecule has 1 aromatic carbocycles. The predicted molar refractivity (Wildman–Crippen MR) is 96.0 cm³/mol. The molecule has 1 atom stereocenters. The molecule has 0 saturated carbocycles. The van der Waals surface area contributed by atoms with Gasteiger partial charge in [0.25, 0.3) is 0 Å². The molecule has 1 aliphatic rings. The molecular formula is C18H18F3N3O2S. The van der Waals surface area contributed by atoms with Gasteiger partial charge in [0.2, 0.25) is 11.8 Å². The fourth-order valence-corrected chi connectivity index (χ4v) is 3.98. The number of benzene rings is 1. The molecular weight excluding hydrogens is 379 g/mol. The Labute approximate surface area is 158 Å². The van der Waals surface area contributed by atoms with Crippen LogP contribution in [0.4, 0.5) is 18.9 Å². The number of nitrogens with one attached hydrogen (secondary N) is 2. The second kappa shape index (κ2) is 8.10. The number of rotatable bonds is 5. The number of amides is 2. The Bertz CT molecular complexity index is 872. The van der Waals surface area contributed by atoms with Crippen LogP contribution in [0.1, 0.15) is 23.4 Å². The van der Waals surface area contributed by atoms with Gasteiger partial charge in [0.15, 0.2) is 17.5 Å². The molecule has 0 saturated heterocycles. The monoisotopic (exact) mass is 397 g/mol. The topological polar surface area (TPSA) is 61.4 Å². The zero-order valence-corrected chi connectivity index (χ0v) is 15.3. The number of carbonyl (C=O) groups is 2. The van der Waals surface area contributed by atoms with Crippen molar-refractivity contribution in [3.05, 3.63) is 51.5 Å². The van der Waals surface area contributed by atoms with Gasteiger partial charge in [0.1, 0.15) is 0 Å². The van der Waals surface area contributed by atoms with E-state index in [0.29, 0.717) is 6.07 Å². The van der Waals surface area contributed by atoms with Crippen molar-refractivity contribution in [2.75, 3.05) is 25.0 Å². The highest BCUT2D eigenvalue weighted by atomic mass is 32.1. The van der Waals surface area contributed by atoms with Crippen LogP contribution in [0.5, 0.6) is 0 Å². The third-order valence-corrected chi connectivity index (χ3v) is 5.50. The quantitative estimate of drug-likeness (QED) is 0.763. The van der Waals surface area contributed by atoms with Crippen molar-refractivity contribution in [2.45, 2.75) is 19.4 Å². The fraction of sp³-hybridized carbons (Fsp3) is 0.333. The highest BCUT2D eigenvalue weighted by Crippen LogP contribution is 2.32. The fourth-order valence-electron chi connectivity index (χ4n) is 3.01. The van der Waals surface area contributed by atoms with Crippen molar-refractivity contribution < 1.29 is 22.8 Å². The summed E-state index contributed by atoms with van der Waals surface area (Å²) in [6.07, 6.45) is 0.876. The molecule has 3 rings (SSSR count). The predicted octanol–water partition coefficient (Wildman–Crippen LogP) is 2.84. The lowest BCUT2D eigenvalue weighted by atomic mass is 10.0. The van der Waals surface area contributed by atoms with Crippen LogP contribution in [0, 0.1) is 17.5 Å². The summed E-state index contributed by atoms with van der Waals surface area (Å²) in [6, 6.07) is 3.79. The van der Waals surface area contributed by atoms with Crippen molar-refractivity contribution in [3.8, 4) is 0 Å². The second-order valence-corrected chi connectivity index (χ2v) is 7.24. The van der Waals surface area contributed by atoms with Gasteiger partial charge < -0.3 is 10.6 Å². The first-order chi connectivity index (χ1) is 12.9. The third-order valence-electron chi connectivity index (χ3n) is 4.51. The number of hydrogen-bond donors (Lipinski definition) is 2. The van der Waals surface area contributed by atoms with Gasteiger partial charge in [-0.3, -0.25) is 14.5 Å². The first-order valence-electron chi connectivity index (χ1n) is 8.37. The summed E-state index contributed by atoms with van der Waals surface area (Å²) in [4.78, 5) is 27.3. The van der Waals surface area contributed by atoms with E-state index in [1.807, 2.05) is 17.2 Å². The number of fused-ring (bicyclic) bond motifs is 1. The minimum Gasteiger partial charge on any atom is -0.346 e. The second-order valence-electron chi connectivity index (χ2n) is 6.24. The van der Waals surface area contributed by atoms with Gasteiger partial charge in [-0.05, 0) is 42.5 Å². The molecule has 0 aliphatic carbocycles. The molecule has 2 amide bonds. The number of hydrogen-bond acceptors (Lipinski definition) is 4. The van der Waals surface area contributed by atoms with Crippen LogP contribution < -0.4 is 10.6 Å². The Balaban J connectivity index is 1.49. The molecule has 2 N–H and O–H groups in total. The normalized spacial score (nSPS) is 16.7. The molecule has 0 unspecified atom stereocenters. The molecule has 144 valence electrons. The third kappa shape index (κ3) is 4.30. The standard InChI is InChI=1S/C18H18F3N3O2S/c1-10-11-5-7-27-14(11)4-6-24(10)9-16(26)22-8-15(25)23-13-3-2-12(19)17(20)18(13)21/h2-3,5,7,10H,4,6,8-9H2,1H3,(H,22,26)(H,23,25)/t10-/m1/s1. The summed E-state index contributed by atoms with van der Waals surface area (Å²) in [5.74, 6) is -5.57. The van der Waals surface area contributed by atoms with E-state index in [9.17, 15) is 22.8 Å². The summed E-state index contributed by atoms with van der Waals surface area (Å²) in [5.41, 5.74) is 0.730. The van der Waals surface area contributed by atoms with Crippen LogP contribution in [-0.4, -0.2) is 36.3 Å². The van der Waals surface area contributed by atoms with Crippen LogP contribution in [0.2, 0.25) is 0 Å². The lowest BCUT2D eigenvalue weighted by molar-refractivity contribution is -0.125. The minimum atomic E-state index is -1.66. The SMILES string of the molecule is C[C@@H]1c2ccsc2CCN1CC(=O)NCC(=O)Nc1ccc(F)c(F)c1F. The van der Waals surface area contributed by atoms with E-state index in [1.165, 1.54) is 10.4 Å². The van der Waals surface area contributed by atoms with Gasteiger partial charge in [-0.25, -0.2) is 13.2 Å².